The van der Waals surface area contributed by atoms with Crippen LogP contribution in [0.1, 0.15) is 56.7 Å². The van der Waals surface area contributed by atoms with Gasteiger partial charge in [-0.15, -0.1) is 0 Å². The van der Waals surface area contributed by atoms with Crippen LogP contribution in [0.4, 0.5) is 23.4 Å². The molecule has 8 rings (SSSR count). The van der Waals surface area contributed by atoms with Crippen molar-refractivity contribution in [2.45, 2.75) is 101 Å². The van der Waals surface area contributed by atoms with Gasteiger partial charge in [-0.2, -0.15) is 33.5 Å². The molecule has 308 valence electrons. The van der Waals surface area contributed by atoms with Crippen LogP contribution < -0.4 is 15.1 Å². The summed E-state index contributed by atoms with van der Waals surface area (Å²) >= 11 is 0. The van der Waals surface area contributed by atoms with Crippen LogP contribution in [0.3, 0.4) is 0 Å². The van der Waals surface area contributed by atoms with Gasteiger partial charge in [0.05, 0.1) is 60.2 Å². The molecule has 1 aromatic heterocycles. The van der Waals surface area contributed by atoms with Gasteiger partial charge in [0.2, 0.25) is 5.91 Å². The zero-order valence-corrected chi connectivity index (χ0v) is 32.5. The maximum atomic E-state index is 14.7. The molecule has 6 atom stereocenters. The van der Waals surface area contributed by atoms with Crippen LogP contribution in [0.5, 0.6) is 6.01 Å². The number of allylic oxidation sites excluding steroid dienone is 2. The molecule has 1 aliphatic carbocycles. The van der Waals surface area contributed by atoms with Crippen molar-refractivity contribution in [1.29, 1.82) is 5.26 Å². The number of aromatic nitrogens is 2. The highest BCUT2D eigenvalue weighted by Crippen LogP contribution is 2.45. The maximum absolute atomic E-state index is 14.7. The van der Waals surface area contributed by atoms with Gasteiger partial charge in [0.15, 0.2) is 0 Å². The van der Waals surface area contributed by atoms with E-state index in [1.165, 1.54) is 13.1 Å². The number of methoxy groups -OCH3 is 1. The van der Waals surface area contributed by atoms with E-state index in [1.54, 1.807) is 24.2 Å². The molecule has 4 saturated heterocycles. The van der Waals surface area contributed by atoms with Crippen LogP contribution in [0, 0.1) is 17.2 Å². The molecule has 0 spiro atoms. The Balaban J connectivity index is 1.06. The SMILES string of the molecule is COC1CCN(C/C=C/C(=O)N2CCN(c3nc(OC[C@@]45CCCN4C[C@H](F)C5)nc4c3CO[C@H](C3=C(C(F)(F)F)C(C)=CC5NN=CC35)C4)C[C@@H]2CC#N)CC1. The monoisotopic (exact) mass is 797 g/mol. The molecule has 6 aliphatic heterocycles. The van der Waals surface area contributed by atoms with Gasteiger partial charge in [0, 0.05) is 89.5 Å². The normalized spacial score (nSPS) is 31.0. The summed E-state index contributed by atoms with van der Waals surface area (Å²) in [4.78, 5) is 31.4. The largest absolute Gasteiger partial charge is 0.461 e. The van der Waals surface area contributed by atoms with Crippen molar-refractivity contribution in [3.05, 3.63) is 46.2 Å². The summed E-state index contributed by atoms with van der Waals surface area (Å²) in [5.74, 6) is -0.314. The minimum Gasteiger partial charge on any atom is -0.461 e. The Hall–Kier alpha value is -4.11. The number of rotatable bonds is 10. The molecule has 1 aromatic rings. The van der Waals surface area contributed by atoms with Crippen molar-refractivity contribution in [1.82, 2.24) is 30.1 Å². The first-order chi connectivity index (χ1) is 27.5. The Kier molecular flexibility index (Phi) is 11.3. The first-order valence-electron chi connectivity index (χ1n) is 20.1. The van der Waals surface area contributed by atoms with Crippen LogP contribution in [0.2, 0.25) is 0 Å². The zero-order valence-electron chi connectivity index (χ0n) is 32.5. The number of nitrogens with one attached hydrogen (secondary N) is 1. The third kappa shape index (κ3) is 8.02. The number of ether oxygens (including phenoxy) is 3. The molecule has 7 heterocycles. The molecule has 1 amide bonds. The molecule has 7 aliphatic rings. The summed E-state index contributed by atoms with van der Waals surface area (Å²) in [5, 5.41) is 14.0. The maximum Gasteiger partial charge on any atom is 0.416 e. The highest BCUT2D eigenvalue weighted by molar-refractivity contribution is 5.88. The third-order valence-corrected chi connectivity index (χ3v) is 12.9. The van der Waals surface area contributed by atoms with Crippen LogP contribution in [-0.2, 0) is 27.3 Å². The Morgan fingerprint density at radius 2 is 2.00 bits per heavy atom. The molecule has 0 saturated carbocycles. The minimum atomic E-state index is -4.61. The number of hydrogen-bond donors (Lipinski definition) is 1. The molecule has 0 bridgehead atoms. The van der Waals surface area contributed by atoms with E-state index in [2.05, 4.69) is 26.4 Å². The van der Waals surface area contributed by atoms with Gasteiger partial charge in [0.25, 0.3) is 0 Å². The summed E-state index contributed by atoms with van der Waals surface area (Å²) in [5.41, 5.74) is 3.11. The number of piperidine rings is 1. The number of halogens is 4. The van der Waals surface area contributed by atoms with Crippen molar-refractivity contribution >= 4 is 17.9 Å². The van der Waals surface area contributed by atoms with Crippen LogP contribution in [-0.4, -0.2) is 145 Å². The number of nitriles is 1. The number of carbonyl (C=O) groups is 1. The van der Waals surface area contributed by atoms with E-state index in [9.17, 15) is 27.6 Å². The number of nitrogens with zero attached hydrogens (tertiary/aromatic N) is 8. The molecule has 57 heavy (non-hydrogen) atoms. The van der Waals surface area contributed by atoms with Gasteiger partial charge in [0.1, 0.15) is 18.6 Å². The second kappa shape index (κ2) is 16.3. The lowest BCUT2D eigenvalue weighted by Crippen LogP contribution is -2.55. The standard InChI is InChI=1S/C40H51F4N9O4/c1-25-17-32-29(20-46-49-32)35(36(25)40(42,43)44)33-18-31-30(23-56-33)37(48-38(47-31)57-24-39-9-4-12-52(39)21-26(41)19-39)51-15-16-53(27(22-51)6-10-45)34(54)5-3-11-50-13-7-28(55-2)8-14-50/h3,5,17,20,26-29,32-33,49H,4,6-9,11-16,18-19,21-24H2,1-2H3/b5-3+/t26-,27+,29?,32?,33+,39+/m1/s1. The number of hydrazone groups is 1. The average Bonchev–Trinajstić information content (AvgIpc) is 3.90. The van der Waals surface area contributed by atoms with Crippen LogP contribution in [0.25, 0.3) is 0 Å². The molecule has 0 aromatic carbocycles. The van der Waals surface area contributed by atoms with E-state index in [-0.39, 0.29) is 55.2 Å². The molecule has 2 unspecified atom stereocenters. The van der Waals surface area contributed by atoms with E-state index >= 15 is 0 Å². The van der Waals surface area contributed by atoms with Crippen LogP contribution in [0.15, 0.2) is 40.0 Å². The molecule has 0 radical (unpaired) electrons. The van der Waals surface area contributed by atoms with E-state index in [1.807, 2.05) is 11.0 Å². The van der Waals surface area contributed by atoms with Gasteiger partial charge < -0.3 is 29.4 Å². The summed E-state index contributed by atoms with van der Waals surface area (Å²) < 4.78 is 76.9. The van der Waals surface area contributed by atoms with Crippen LogP contribution >= 0.6 is 0 Å². The Morgan fingerprint density at radius 3 is 2.77 bits per heavy atom. The number of carbonyl (C=O) groups excluding carboxylic acids is 1. The lowest BCUT2D eigenvalue weighted by atomic mass is 9.77. The summed E-state index contributed by atoms with van der Waals surface area (Å²) in [7, 11) is 1.73. The smallest absolute Gasteiger partial charge is 0.416 e. The van der Waals surface area contributed by atoms with Gasteiger partial charge in [-0.1, -0.05) is 12.2 Å². The number of likely N-dealkylation sites (tertiary alicyclic amines) is 1. The molecular weight excluding hydrogens is 746 g/mol. The lowest BCUT2D eigenvalue weighted by Gasteiger charge is -2.42. The predicted molar refractivity (Wildman–Crippen MR) is 202 cm³/mol. The highest BCUT2D eigenvalue weighted by Gasteiger charge is 2.50. The number of hydrogen-bond acceptors (Lipinski definition) is 12. The molecule has 13 nitrogen and oxygen atoms in total. The van der Waals surface area contributed by atoms with Gasteiger partial charge >= 0.3 is 12.2 Å². The fourth-order valence-corrected chi connectivity index (χ4v) is 10.1. The van der Waals surface area contributed by atoms with Gasteiger partial charge in [-0.05, 0) is 50.3 Å². The number of anilines is 1. The Labute approximate surface area is 330 Å². The van der Waals surface area contributed by atoms with Crippen molar-refractivity contribution in [2.24, 2.45) is 11.0 Å². The fraction of sp³-hybridized carbons (Fsp3) is 0.675. The van der Waals surface area contributed by atoms with Crippen molar-refractivity contribution in [3.63, 3.8) is 0 Å². The molecular formula is C40H51F4N9O4. The fourth-order valence-electron chi connectivity index (χ4n) is 10.1. The topological polar surface area (TPSA) is 132 Å². The molecule has 17 heteroatoms. The van der Waals surface area contributed by atoms with Gasteiger partial charge in [-0.3, -0.25) is 14.6 Å². The summed E-state index contributed by atoms with van der Waals surface area (Å²) in [6, 6.07) is 1.44. The number of amides is 1. The number of fused-ring (bicyclic) bond motifs is 3. The summed E-state index contributed by atoms with van der Waals surface area (Å²) in [6.45, 7) is 6.18. The second-order valence-electron chi connectivity index (χ2n) is 16.4. The van der Waals surface area contributed by atoms with E-state index < -0.39 is 47.6 Å². The highest BCUT2D eigenvalue weighted by atomic mass is 19.4. The second-order valence-corrected chi connectivity index (χ2v) is 16.4. The Morgan fingerprint density at radius 1 is 1.18 bits per heavy atom. The van der Waals surface area contributed by atoms with Crippen molar-refractivity contribution < 1.29 is 36.6 Å². The van der Waals surface area contributed by atoms with Crippen molar-refractivity contribution in [2.75, 3.05) is 71.0 Å². The van der Waals surface area contributed by atoms with E-state index in [0.29, 0.717) is 56.2 Å². The van der Waals surface area contributed by atoms with Gasteiger partial charge in [-0.25, -0.2) is 4.39 Å². The predicted octanol–water partition coefficient (Wildman–Crippen LogP) is 3.86. The Bertz CT molecular complexity index is 1860. The molecule has 1 N–H and O–H groups in total. The summed E-state index contributed by atoms with van der Waals surface area (Å²) in [6.07, 6.45) is 4.40. The van der Waals surface area contributed by atoms with E-state index in [0.717, 1.165) is 45.3 Å². The number of piperazine rings is 1. The minimum absolute atomic E-state index is 0.0400. The third-order valence-electron chi connectivity index (χ3n) is 12.9. The average molecular weight is 798 g/mol. The first kappa shape index (κ1) is 39.7. The van der Waals surface area contributed by atoms with E-state index in [4.69, 9.17) is 24.2 Å². The number of alkyl halides is 4. The van der Waals surface area contributed by atoms with Crippen molar-refractivity contribution in [3.8, 4) is 12.1 Å². The lowest BCUT2D eigenvalue weighted by molar-refractivity contribution is -0.128. The molecule has 4 fully saturated rings. The first-order valence-corrected chi connectivity index (χ1v) is 20.1. The zero-order chi connectivity index (χ0) is 39.9. The quantitative estimate of drug-likeness (QED) is 0.274.